The molecule has 0 atom stereocenters. The van der Waals surface area contributed by atoms with Gasteiger partial charge >= 0.3 is 0 Å². The third-order valence-electron chi connectivity index (χ3n) is 3.84. The lowest BCUT2D eigenvalue weighted by Gasteiger charge is -2.05. The van der Waals surface area contributed by atoms with Gasteiger partial charge in [-0.2, -0.15) is 0 Å². The second-order valence-corrected chi connectivity index (χ2v) is 6.75. The van der Waals surface area contributed by atoms with E-state index >= 15 is 0 Å². The van der Waals surface area contributed by atoms with Crippen molar-refractivity contribution in [3.8, 4) is 0 Å². The number of aromatic nitrogens is 5. The van der Waals surface area contributed by atoms with Crippen LogP contribution in [0, 0.1) is 5.82 Å². The molecule has 0 unspecified atom stereocenters. The minimum absolute atomic E-state index is 0.0710. The Labute approximate surface area is 155 Å². The van der Waals surface area contributed by atoms with E-state index in [-0.39, 0.29) is 29.4 Å². The first kappa shape index (κ1) is 17.0. The number of nitrogens with one attached hydrogen (secondary N) is 2. The number of rotatable bonds is 5. The van der Waals surface area contributed by atoms with E-state index in [9.17, 15) is 14.0 Å². The lowest BCUT2D eigenvalue weighted by atomic mass is 10.2. The van der Waals surface area contributed by atoms with Crippen molar-refractivity contribution < 1.29 is 9.18 Å². The van der Waals surface area contributed by atoms with E-state index in [4.69, 9.17) is 0 Å². The first-order valence-electron chi connectivity index (χ1n) is 7.99. The first-order chi connectivity index (χ1) is 13.1. The number of halogens is 1. The summed E-state index contributed by atoms with van der Waals surface area (Å²) in [6, 6.07) is 9.59. The molecule has 0 radical (unpaired) electrons. The van der Waals surface area contributed by atoms with Gasteiger partial charge in [-0.15, -0.1) is 16.4 Å². The van der Waals surface area contributed by atoms with Gasteiger partial charge in [-0.3, -0.25) is 9.59 Å². The highest BCUT2D eigenvalue weighted by Crippen LogP contribution is 2.12. The number of fused-ring (bicyclic) bond motifs is 1. The van der Waals surface area contributed by atoms with Gasteiger partial charge in [-0.1, -0.05) is 23.4 Å². The van der Waals surface area contributed by atoms with E-state index in [0.717, 1.165) is 10.4 Å². The molecule has 0 bridgehead atoms. The Morgan fingerprint density at radius 3 is 2.81 bits per heavy atom. The zero-order valence-electron chi connectivity index (χ0n) is 13.8. The van der Waals surface area contributed by atoms with Crippen molar-refractivity contribution >= 4 is 28.4 Å². The van der Waals surface area contributed by atoms with Crippen molar-refractivity contribution in [1.29, 1.82) is 0 Å². The Kier molecular flexibility index (Phi) is 4.47. The van der Waals surface area contributed by atoms with Gasteiger partial charge in [0.25, 0.3) is 11.5 Å². The zero-order chi connectivity index (χ0) is 18.8. The summed E-state index contributed by atoms with van der Waals surface area (Å²) in [4.78, 5) is 32.2. The molecule has 0 saturated carbocycles. The second-order valence-electron chi connectivity index (χ2n) is 5.72. The predicted octanol–water partition coefficient (Wildman–Crippen LogP) is 1.69. The standard InChI is InChI=1S/C17H13FN6O2S/c18-11-5-3-10(4-6-11)8-19-17(26)14-20-15-13(16(25)21-14)22-23-24(15)9-12-2-1-7-27-12/h1-7H,8-9H2,(H,19,26)(H,20,21,25). The molecule has 0 spiro atoms. The smallest absolute Gasteiger partial charge is 0.287 e. The third kappa shape index (κ3) is 3.60. The summed E-state index contributed by atoms with van der Waals surface area (Å²) in [5.41, 5.74) is 0.489. The van der Waals surface area contributed by atoms with Crippen molar-refractivity contribution in [2.24, 2.45) is 0 Å². The largest absolute Gasteiger partial charge is 0.345 e. The highest BCUT2D eigenvalue weighted by Gasteiger charge is 2.16. The topological polar surface area (TPSA) is 106 Å². The maximum atomic E-state index is 12.9. The molecular weight excluding hydrogens is 371 g/mol. The fourth-order valence-electron chi connectivity index (χ4n) is 2.50. The predicted molar refractivity (Wildman–Crippen MR) is 96.9 cm³/mol. The molecule has 0 saturated heterocycles. The average molecular weight is 384 g/mol. The van der Waals surface area contributed by atoms with Gasteiger partial charge in [0, 0.05) is 11.4 Å². The Morgan fingerprint density at radius 1 is 1.26 bits per heavy atom. The number of carbonyl (C=O) groups is 1. The van der Waals surface area contributed by atoms with Crippen LogP contribution in [0.5, 0.6) is 0 Å². The van der Waals surface area contributed by atoms with Crippen LogP contribution in [0.4, 0.5) is 4.39 Å². The number of H-pyrrole nitrogens is 1. The molecule has 136 valence electrons. The van der Waals surface area contributed by atoms with Gasteiger partial charge in [-0.05, 0) is 29.1 Å². The SMILES string of the molecule is O=C(NCc1ccc(F)cc1)c1nc2c(nnn2Cc2cccs2)c(=O)[nH]1. The molecule has 3 heterocycles. The quantitative estimate of drug-likeness (QED) is 0.545. The van der Waals surface area contributed by atoms with Crippen LogP contribution in [0.25, 0.3) is 11.2 Å². The second kappa shape index (κ2) is 7.08. The van der Waals surface area contributed by atoms with Gasteiger partial charge in [0.1, 0.15) is 5.82 Å². The molecule has 4 aromatic rings. The number of carbonyl (C=O) groups excluding carboxylic acids is 1. The van der Waals surface area contributed by atoms with Crippen LogP contribution in [-0.2, 0) is 13.1 Å². The van der Waals surface area contributed by atoms with Crippen molar-refractivity contribution in [3.05, 3.63) is 74.2 Å². The summed E-state index contributed by atoms with van der Waals surface area (Å²) < 4.78 is 14.4. The van der Waals surface area contributed by atoms with E-state index in [1.54, 1.807) is 23.5 Å². The zero-order valence-corrected chi connectivity index (χ0v) is 14.7. The third-order valence-corrected chi connectivity index (χ3v) is 4.70. The van der Waals surface area contributed by atoms with Crippen molar-refractivity contribution in [2.75, 3.05) is 0 Å². The number of hydrogen-bond donors (Lipinski definition) is 2. The molecular formula is C17H13FN6O2S. The van der Waals surface area contributed by atoms with Crippen LogP contribution >= 0.6 is 11.3 Å². The Bertz CT molecular complexity index is 1150. The molecule has 8 nitrogen and oxygen atoms in total. The van der Waals surface area contributed by atoms with Gasteiger partial charge in [0.2, 0.25) is 5.82 Å². The molecule has 3 aromatic heterocycles. The fourth-order valence-corrected chi connectivity index (χ4v) is 3.18. The van der Waals surface area contributed by atoms with E-state index in [2.05, 4.69) is 25.6 Å². The average Bonchev–Trinajstić information content (AvgIpc) is 3.32. The van der Waals surface area contributed by atoms with Gasteiger partial charge in [0.15, 0.2) is 11.2 Å². The maximum absolute atomic E-state index is 12.9. The molecule has 4 rings (SSSR count). The number of nitrogens with zero attached hydrogens (tertiary/aromatic N) is 4. The van der Waals surface area contributed by atoms with Crippen LogP contribution in [0.3, 0.4) is 0 Å². The van der Waals surface area contributed by atoms with Crippen LogP contribution in [0.2, 0.25) is 0 Å². The van der Waals surface area contributed by atoms with E-state index < -0.39 is 11.5 Å². The Morgan fingerprint density at radius 2 is 2.07 bits per heavy atom. The van der Waals surface area contributed by atoms with Crippen molar-refractivity contribution in [3.63, 3.8) is 0 Å². The molecule has 10 heteroatoms. The van der Waals surface area contributed by atoms with Crippen LogP contribution in [0.15, 0.2) is 46.6 Å². The molecule has 0 aliphatic rings. The van der Waals surface area contributed by atoms with Crippen molar-refractivity contribution in [2.45, 2.75) is 13.1 Å². The maximum Gasteiger partial charge on any atom is 0.287 e. The van der Waals surface area contributed by atoms with E-state index in [1.165, 1.54) is 16.8 Å². The van der Waals surface area contributed by atoms with Crippen LogP contribution < -0.4 is 10.9 Å². The highest BCUT2D eigenvalue weighted by atomic mass is 32.1. The van der Waals surface area contributed by atoms with Crippen LogP contribution in [-0.4, -0.2) is 30.9 Å². The summed E-state index contributed by atoms with van der Waals surface area (Å²) in [6.45, 7) is 0.578. The molecule has 0 fully saturated rings. The Hall–Kier alpha value is -3.40. The number of hydrogen-bond acceptors (Lipinski definition) is 6. The molecule has 1 amide bonds. The Balaban J connectivity index is 1.58. The molecule has 27 heavy (non-hydrogen) atoms. The van der Waals surface area contributed by atoms with Crippen LogP contribution in [0.1, 0.15) is 21.1 Å². The van der Waals surface area contributed by atoms with E-state index in [0.29, 0.717) is 6.54 Å². The summed E-state index contributed by atoms with van der Waals surface area (Å²) >= 11 is 1.54. The molecule has 0 aliphatic carbocycles. The summed E-state index contributed by atoms with van der Waals surface area (Å²) in [6.07, 6.45) is 0. The molecule has 0 aliphatic heterocycles. The van der Waals surface area contributed by atoms with E-state index in [1.807, 2.05) is 17.5 Å². The minimum atomic E-state index is -0.554. The number of aromatic amines is 1. The summed E-state index contributed by atoms with van der Waals surface area (Å²) in [5, 5.41) is 12.4. The molecule has 2 N–H and O–H groups in total. The highest BCUT2D eigenvalue weighted by molar-refractivity contribution is 7.09. The number of amides is 1. The first-order valence-corrected chi connectivity index (χ1v) is 8.86. The molecule has 1 aromatic carbocycles. The number of benzene rings is 1. The van der Waals surface area contributed by atoms with Gasteiger partial charge in [-0.25, -0.2) is 14.1 Å². The minimum Gasteiger partial charge on any atom is -0.345 e. The van der Waals surface area contributed by atoms with Gasteiger partial charge in [0.05, 0.1) is 6.54 Å². The van der Waals surface area contributed by atoms with Gasteiger partial charge < -0.3 is 10.3 Å². The number of thiophene rings is 1. The normalized spacial score (nSPS) is 11.0. The lowest BCUT2D eigenvalue weighted by molar-refractivity contribution is 0.0940. The van der Waals surface area contributed by atoms with Crippen molar-refractivity contribution in [1.82, 2.24) is 30.3 Å². The summed E-state index contributed by atoms with van der Waals surface area (Å²) in [5.74, 6) is -1.04. The fraction of sp³-hybridized carbons (Fsp3) is 0.118. The monoisotopic (exact) mass is 384 g/mol. The lowest BCUT2D eigenvalue weighted by Crippen LogP contribution is -2.27. The summed E-state index contributed by atoms with van der Waals surface area (Å²) in [7, 11) is 0.